The first-order valence-corrected chi connectivity index (χ1v) is 16.3. The summed E-state index contributed by atoms with van der Waals surface area (Å²) in [7, 11) is 0. The van der Waals surface area contributed by atoms with E-state index in [4.69, 9.17) is 4.74 Å². The maximum absolute atomic E-state index is 14.6. The Bertz CT molecular complexity index is 1190. The van der Waals surface area contributed by atoms with Crippen LogP contribution in [0, 0.1) is 13.8 Å². The molecule has 2 aromatic carbocycles. The number of rotatable bonds is 17. The molecule has 0 aliphatic rings. The lowest BCUT2D eigenvalue weighted by Crippen LogP contribution is -2.54. The van der Waals surface area contributed by atoms with Crippen LogP contribution in [0.1, 0.15) is 114 Å². The van der Waals surface area contributed by atoms with E-state index in [2.05, 4.69) is 24.5 Å². The highest BCUT2D eigenvalue weighted by atomic mass is 16.6. The van der Waals surface area contributed by atoms with Gasteiger partial charge in [0, 0.05) is 19.5 Å². The van der Waals surface area contributed by atoms with E-state index in [0.29, 0.717) is 13.1 Å². The molecule has 0 radical (unpaired) electrons. The summed E-state index contributed by atoms with van der Waals surface area (Å²) in [6, 6.07) is 10.6. The molecule has 2 rings (SSSR count). The maximum Gasteiger partial charge on any atom is 0.408 e. The number of nitrogens with one attached hydrogen (secondary N) is 2. The minimum atomic E-state index is -0.994. The summed E-state index contributed by atoms with van der Waals surface area (Å²) in [5.41, 5.74) is 2.88. The van der Waals surface area contributed by atoms with Gasteiger partial charge in [0.05, 0.1) is 0 Å². The second-order valence-electron chi connectivity index (χ2n) is 12.8. The molecule has 0 aliphatic heterocycles. The van der Waals surface area contributed by atoms with E-state index in [1.165, 1.54) is 6.42 Å². The van der Waals surface area contributed by atoms with Gasteiger partial charge in [-0.15, -0.1) is 0 Å². The quantitative estimate of drug-likeness (QED) is 0.163. The van der Waals surface area contributed by atoms with Crippen molar-refractivity contribution in [3.05, 3.63) is 64.7 Å². The Morgan fingerprint density at radius 3 is 2.11 bits per heavy atom. The number of aromatic hydroxyl groups is 1. The second-order valence-corrected chi connectivity index (χ2v) is 12.8. The highest BCUT2D eigenvalue weighted by Crippen LogP contribution is 2.26. The SMILES string of the molecule is CCCCCCCCN(C(=O)C(Cc1ccc(O)cc1)NC(=O)OC(C)(C)C)C(C(=O)NCCCC)c1ccc(C)c(C)c1. The van der Waals surface area contributed by atoms with Gasteiger partial charge in [-0.1, -0.05) is 82.7 Å². The van der Waals surface area contributed by atoms with Gasteiger partial charge in [0.15, 0.2) is 0 Å². The molecule has 8 nitrogen and oxygen atoms in total. The summed E-state index contributed by atoms with van der Waals surface area (Å²) in [5.74, 6) is -0.479. The van der Waals surface area contributed by atoms with Crippen molar-refractivity contribution in [2.24, 2.45) is 0 Å². The first-order chi connectivity index (χ1) is 20.9. The number of hydrogen-bond donors (Lipinski definition) is 3. The monoisotopic (exact) mass is 609 g/mol. The Morgan fingerprint density at radius 1 is 0.864 bits per heavy atom. The largest absolute Gasteiger partial charge is 0.508 e. The van der Waals surface area contributed by atoms with Gasteiger partial charge in [-0.2, -0.15) is 0 Å². The number of carbonyl (C=O) groups excluding carboxylic acids is 3. The number of alkyl carbamates (subject to hydrolysis) is 1. The molecule has 0 spiro atoms. The first kappa shape index (κ1) is 36.6. The molecule has 44 heavy (non-hydrogen) atoms. The normalized spacial score (nSPS) is 12.7. The van der Waals surface area contributed by atoms with Crippen molar-refractivity contribution in [3.63, 3.8) is 0 Å². The number of ether oxygens (including phenoxy) is 1. The highest BCUT2D eigenvalue weighted by Gasteiger charge is 2.36. The van der Waals surface area contributed by atoms with Crippen LogP contribution in [-0.2, 0) is 20.7 Å². The van der Waals surface area contributed by atoms with Gasteiger partial charge in [0.25, 0.3) is 0 Å². The fraction of sp³-hybridized carbons (Fsp3) is 0.583. The molecule has 0 bridgehead atoms. The van der Waals surface area contributed by atoms with E-state index in [-0.39, 0.29) is 24.0 Å². The van der Waals surface area contributed by atoms with Crippen molar-refractivity contribution in [2.75, 3.05) is 13.1 Å². The molecule has 0 fully saturated rings. The number of phenolic OH excluding ortho intramolecular Hbond substituents is 1. The minimum Gasteiger partial charge on any atom is -0.508 e. The summed E-state index contributed by atoms with van der Waals surface area (Å²) in [4.78, 5) is 43.2. The predicted molar refractivity (Wildman–Crippen MR) is 177 cm³/mol. The average Bonchev–Trinajstić information content (AvgIpc) is 2.95. The number of phenols is 1. The summed E-state index contributed by atoms with van der Waals surface area (Å²) in [5, 5.41) is 15.7. The second kappa shape index (κ2) is 18.3. The molecule has 0 heterocycles. The lowest BCUT2D eigenvalue weighted by atomic mass is 9.97. The third-order valence-corrected chi connectivity index (χ3v) is 7.64. The molecular weight excluding hydrogens is 554 g/mol. The molecular formula is C36H55N3O5. The zero-order valence-corrected chi connectivity index (χ0v) is 28.0. The maximum atomic E-state index is 14.6. The lowest BCUT2D eigenvalue weighted by Gasteiger charge is -2.35. The number of amides is 3. The van der Waals surface area contributed by atoms with Crippen molar-refractivity contribution in [3.8, 4) is 5.75 Å². The van der Waals surface area contributed by atoms with Gasteiger partial charge in [-0.25, -0.2) is 4.79 Å². The van der Waals surface area contributed by atoms with Gasteiger partial charge >= 0.3 is 6.09 Å². The smallest absolute Gasteiger partial charge is 0.408 e. The van der Waals surface area contributed by atoms with Crippen molar-refractivity contribution >= 4 is 17.9 Å². The predicted octanol–water partition coefficient (Wildman–Crippen LogP) is 7.29. The number of carbonyl (C=O) groups is 3. The molecule has 2 unspecified atom stereocenters. The third kappa shape index (κ3) is 12.6. The molecule has 0 saturated carbocycles. The molecule has 8 heteroatoms. The molecule has 3 amide bonds. The van der Waals surface area contributed by atoms with Gasteiger partial charge in [-0.3, -0.25) is 9.59 Å². The summed E-state index contributed by atoms with van der Waals surface area (Å²) in [6.07, 6.45) is 7.40. The van der Waals surface area contributed by atoms with Crippen LogP contribution in [0.15, 0.2) is 42.5 Å². The Morgan fingerprint density at radius 2 is 1.50 bits per heavy atom. The molecule has 0 aromatic heterocycles. The standard InChI is InChI=1S/C36H55N3O5/c1-8-10-12-13-14-15-23-39(32(33(41)37-22-11-9-2)29-19-16-26(3)27(4)24-29)34(42)31(38-35(43)44-36(5,6)7)25-28-17-20-30(40)21-18-28/h16-21,24,31-32,40H,8-15,22-23,25H2,1-7H3,(H,37,41)(H,38,43). The third-order valence-electron chi connectivity index (χ3n) is 7.64. The van der Waals surface area contributed by atoms with Crippen LogP contribution in [0.4, 0.5) is 4.79 Å². The average molecular weight is 610 g/mol. The molecule has 0 aliphatic carbocycles. The van der Waals surface area contributed by atoms with E-state index in [1.807, 2.05) is 32.0 Å². The number of benzene rings is 2. The minimum absolute atomic E-state index is 0.111. The molecule has 2 atom stereocenters. The highest BCUT2D eigenvalue weighted by molar-refractivity contribution is 5.92. The van der Waals surface area contributed by atoms with Crippen LogP contribution in [0.3, 0.4) is 0 Å². The Kier molecular flexibility index (Phi) is 15.2. The van der Waals surface area contributed by atoms with Crippen LogP contribution in [-0.4, -0.2) is 52.6 Å². The molecule has 244 valence electrons. The number of hydrogen-bond acceptors (Lipinski definition) is 5. The first-order valence-electron chi connectivity index (χ1n) is 16.3. The van der Waals surface area contributed by atoms with Crippen LogP contribution >= 0.6 is 0 Å². The van der Waals surface area contributed by atoms with Crippen molar-refractivity contribution < 1.29 is 24.2 Å². The molecule has 2 aromatic rings. The van der Waals surface area contributed by atoms with Crippen LogP contribution in [0.2, 0.25) is 0 Å². The number of nitrogens with zero attached hydrogens (tertiary/aromatic N) is 1. The zero-order chi connectivity index (χ0) is 32.7. The number of unbranched alkanes of at least 4 members (excludes halogenated alkanes) is 6. The number of aryl methyl sites for hydroxylation is 2. The van der Waals surface area contributed by atoms with Crippen molar-refractivity contribution in [1.82, 2.24) is 15.5 Å². The van der Waals surface area contributed by atoms with Crippen LogP contribution < -0.4 is 10.6 Å². The van der Waals surface area contributed by atoms with E-state index in [9.17, 15) is 19.5 Å². The van der Waals surface area contributed by atoms with Gasteiger partial charge < -0.3 is 25.4 Å². The summed E-state index contributed by atoms with van der Waals surface area (Å²) < 4.78 is 5.54. The van der Waals surface area contributed by atoms with Gasteiger partial charge in [0.2, 0.25) is 11.8 Å². The van der Waals surface area contributed by atoms with Crippen molar-refractivity contribution in [2.45, 2.75) is 124 Å². The van der Waals surface area contributed by atoms with Crippen molar-refractivity contribution in [1.29, 1.82) is 0 Å². The molecule has 3 N–H and O–H groups in total. The van der Waals surface area contributed by atoms with E-state index >= 15 is 0 Å². The fourth-order valence-corrected chi connectivity index (χ4v) is 5.04. The summed E-state index contributed by atoms with van der Waals surface area (Å²) >= 11 is 0. The summed E-state index contributed by atoms with van der Waals surface area (Å²) in [6.45, 7) is 14.5. The van der Waals surface area contributed by atoms with E-state index < -0.39 is 23.8 Å². The van der Waals surface area contributed by atoms with Gasteiger partial charge in [0.1, 0.15) is 23.4 Å². The van der Waals surface area contributed by atoms with E-state index in [0.717, 1.165) is 67.2 Å². The Labute approximate surface area is 264 Å². The Hall–Kier alpha value is -3.55. The lowest BCUT2D eigenvalue weighted by molar-refractivity contribution is -0.142. The van der Waals surface area contributed by atoms with E-state index in [1.54, 1.807) is 49.9 Å². The van der Waals surface area contributed by atoms with Crippen LogP contribution in [0.25, 0.3) is 0 Å². The molecule has 0 saturated heterocycles. The van der Waals surface area contributed by atoms with Gasteiger partial charge in [-0.05, 0) is 81.8 Å². The van der Waals surface area contributed by atoms with Crippen LogP contribution in [0.5, 0.6) is 5.75 Å². The Balaban J connectivity index is 2.55. The fourth-order valence-electron chi connectivity index (χ4n) is 5.04. The topological polar surface area (TPSA) is 108 Å². The zero-order valence-electron chi connectivity index (χ0n) is 28.0.